The molecule has 0 fully saturated rings. The van der Waals surface area contributed by atoms with Crippen LogP contribution in [0.15, 0.2) is 27.4 Å². The van der Waals surface area contributed by atoms with Crippen LogP contribution < -0.4 is 16.8 Å². The number of carbonyl (C=O) groups excluding carboxylic acids is 1. The van der Waals surface area contributed by atoms with Crippen molar-refractivity contribution < 1.29 is 9.21 Å². The topological polar surface area (TPSA) is 90.3 Å². The maximum Gasteiger partial charge on any atom is 0.419 e. The van der Waals surface area contributed by atoms with Crippen LogP contribution in [0.1, 0.15) is 13.3 Å². The van der Waals surface area contributed by atoms with E-state index in [1.807, 2.05) is 6.92 Å². The van der Waals surface area contributed by atoms with Crippen molar-refractivity contribution in [1.29, 1.82) is 0 Å². The van der Waals surface area contributed by atoms with E-state index in [2.05, 4.69) is 5.32 Å². The van der Waals surface area contributed by atoms with Crippen molar-refractivity contribution in [3.05, 3.63) is 28.7 Å². The third-order valence-electron chi connectivity index (χ3n) is 2.63. The number of hydrogen-bond donors (Lipinski definition) is 2. The van der Waals surface area contributed by atoms with E-state index in [0.29, 0.717) is 29.9 Å². The second kappa shape index (κ2) is 4.95. The summed E-state index contributed by atoms with van der Waals surface area (Å²) in [6, 6.07) is 5.01. The zero-order valence-corrected chi connectivity index (χ0v) is 10.1. The molecule has 2 rings (SSSR count). The van der Waals surface area contributed by atoms with E-state index in [-0.39, 0.29) is 12.3 Å². The van der Waals surface area contributed by atoms with Crippen LogP contribution in [0, 0.1) is 0 Å². The van der Waals surface area contributed by atoms with E-state index in [1.165, 1.54) is 4.57 Å². The molecule has 18 heavy (non-hydrogen) atoms. The number of nitrogens with zero attached hydrogens (tertiary/aromatic N) is 1. The van der Waals surface area contributed by atoms with Crippen molar-refractivity contribution in [3.63, 3.8) is 0 Å². The van der Waals surface area contributed by atoms with Crippen LogP contribution in [-0.4, -0.2) is 17.0 Å². The van der Waals surface area contributed by atoms with Gasteiger partial charge >= 0.3 is 5.76 Å². The Morgan fingerprint density at radius 3 is 3.00 bits per heavy atom. The van der Waals surface area contributed by atoms with Gasteiger partial charge in [-0.25, -0.2) is 4.79 Å². The van der Waals surface area contributed by atoms with Gasteiger partial charge in [0.25, 0.3) is 0 Å². The summed E-state index contributed by atoms with van der Waals surface area (Å²) in [5.41, 5.74) is 7.24. The molecule has 0 bridgehead atoms. The Morgan fingerprint density at radius 1 is 1.50 bits per heavy atom. The minimum absolute atomic E-state index is 0.0887. The lowest BCUT2D eigenvalue weighted by Gasteiger charge is -2.03. The van der Waals surface area contributed by atoms with Crippen LogP contribution >= 0.6 is 0 Å². The Morgan fingerprint density at radius 2 is 2.28 bits per heavy atom. The van der Waals surface area contributed by atoms with Crippen molar-refractivity contribution in [2.24, 2.45) is 0 Å². The molecule has 0 aliphatic rings. The molecule has 1 heterocycles. The smallest absolute Gasteiger partial charge is 0.408 e. The van der Waals surface area contributed by atoms with E-state index in [4.69, 9.17) is 10.2 Å². The number of carbonyl (C=O) groups is 1. The first-order valence-corrected chi connectivity index (χ1v) is 5.77. The third-order valence-corrected chi connectivity index (χ3v) is 2.63. The fourth-order valence-electron chi connectivity index (χ4n) is 1.79. The van der Waals surface area contributed by atoms with Gasteiger partial charge in [-0.2, -0.15) is 0 Å². The van der Waals surface area contributed by atoms with Gasteiger partial charge < -0.3 is 15.5 Å². The van der Waals surface area contributed by atoms with E-state index in [9.17, 15) is 9.59 Å². The largest absolute Gasteiger partial charge is 0.419 e. The Labute approximate surface area is 103 Å². The maximum absolute atomic E-state index is 11.6. The lowest BCUT2D eigenvalue weighted by molar-refractivity contribution is -0.121. The number of nitrogens with one attached hydrogen (secondary N) is 1. The van der Waals surface area contributed by atoms with Gasteiger partial charge in [-0.05, 0) is 19.1 Å². The molecule has 0 aliphatic carbocycles. The second-order valence-corrected chi connectivity index (χ2v) is 3.95. The summed E-state index contributed by atoms with van der Waals surface area (Å²) in [5.74, 6) is -0.561. The number of hydrogen-bond acceptors (Lipinski definition) is 4. The first-order valence-electron chi connectivity index (χ1n) is 5.77. The molecule has 0 aliphatic heterocycles. The highest BCUT2D eigenvalue weighted by Crippen LogP contribution is 2.16. The standard InChI is InChI=1S/C12H15N3O3/c1-2-14-11(16)5-6-15-9-4-3-8(13)7-10(9)18-12(15)17/h3-4,7H,2,5-6,13H2,1H3,(H,14,16). The van der Waals surface area contributed by atoms with Gasteiger partial charge in [0.2, 0.25) is 5.91 Å². The summed E-state index contributed by atoms with van der Waals surface area (Å²) in [5, 5.41) is 2.68. The van der Waals surface area contributed by atoms with Gasteiger partial charge in [0.05, 0.1) is 5.52 Å². The van der Waals surface area contributed by atoms with Crippen LogP contribution in [0.2, 0.25) is 0 Å². The van der Waals surface area contributed by atoms with Crippen LogP contribution in [0.25, 0.3) is 11.1 Å². The summed E-state index contributed by atoms with van der Waals surface area (Å²) >= 11 is 0. The molecule has 1 amide bonds. The Hall–Kier alpha value is -2.24. The fourth-order valence-corrected chi connectivity index (χ4v) is 1.79. The van der Waals surface area contributed by atoms with Gasteiger partial charge in [-0.3, -0.25) is 9.36 Å². The predicted molar refractivity (Wildman–Crippen MR) is 68.2 cm³/mol. The van der Waals surface area contributed by atoms with Gasteiger partial charge in [-0.1, -0.05) is 0 Å². The van der Waals surface area contributed by atoms with Crippen molar-refractivity contribution in [3.8, 4) is 0 Å². The van der Waals surface area contributed by atoms with Crippen LogP contribution in [-0.2, 0) is 11.3 Å². The molecule has 0 radical (unpaired) electrons. The van der Waals surface area contributed by atoms with Crippen LogP contribution in [0.3, 0.4) is 0 Å². The summed E-state index contributed by atoms with van der Waals surface area (Å²) in [6.07, 6.45) is 0.243. The molecule has 3 N–H and O–H groups in total. The molecule has 0 atom stereocenters. The van der Waals surface area contributed by atoms with E-state index in [0.717, 1.165) is 0 Å². The molecule has 0 saturated carbocycles. The van der Waals surface area contributed by atoms with E-state index < -0.39 is 5.76 Å². The molecular weight excluding hydrogens is 234 g/mol. The number of anilines is 1. The highest BCUT2D eigenvalue weighted by atomic mass is 16.4. The molecule has 1 aromatic heterocycles. The number of amides is 1. The summed E-state index contributed by atoms with van der Waals surface area (Å²) in [6.45, 7) is 2.72. The van der Waals surface area contributed by atoms with Crippen molar-refractivity contribution >= 4 is 22.7 Å². The second-order valence-electron chi connectivity index (χ2n) is 3.95. The SMILES string of the molecule is CCNC(=O)CCn1c(=O)oc2cc(N)ccc21. The van der Waals surface area contributed by atoms with Crippen molar-refractivity contribution in [1.82, 2.24) is 9.88 Å². The van der Waals surface area contributed by atoms with E-state index >= 15 is 0 Å². The van der Waals surface area contributed by atoms with Crippen LogP contribution in [0.5, 0.6) is 0 Å². The fraction of sp³-hybridized carbons (Fsp3) is 0.333. The first-order chi connectivity index (χ1) is 8.61. The van der Waals surface area contributed by atoms with Crippen molar-refractivity contribution in [2.75, 3.05) is 12.3 Å². The monoisotopic (exact) mass is 249 g/mol. The summed E-state index contributed by atoms with van der Waals surface area (Å²) in [7, 11) is 0. The molecule has 2 aromatic rings. The van der Waals surface area contributed by atoms with Gasteiger partial charge in [0.1, 0.15) is 0 Å². The number of benzene rings is 1. The molecule has 0 saturated heterocycles. The number of oxazole rings is 1. The number of nitrogens with two attached hydrogens (primary N) is 1. The quantitative estimate of drug-likeness (QED) is 0.780. The highest BCUT2D eigenvalue weighted by Gasteiger charge is 2.10. The molecular formula is C12H15N3O3. The van der Waals surface area contributed by atoms with E-state index in [1.54, 1.807) is 18.2 Å². The van der Waals surface area contributed by atoms with Crippen molar-refractivity contribution in [2.45, 2.75) is 19.9 Å². The highest BCUT2D eigenvalue weighted by molar-refractivity contribution is 5.78. The van der Waals surface area contributed by atoms with Gasteiger partial charge in [0.15, 0.2) is 5.58 Å². The normalized spacial score (nSPS) is 10.7. The Balaban J connectivity index is 2.25. The zero-order chi connectivity index (χ0) is 13.1. The number of rotatable bonds is 4. The molecule has 6 nitrogen and oxygen atoms in total. The van der Waals surface area contributed by atoms with Gasteiger partial charge in [0, 0.05) is 31.3 Å². The average Bonchev–Trinajstić information content (AvgIpc) is 2.61. The summed E-state index contributed by atoms with van der Waals surface area (Å²) < 4.78 is 6.50. The summed E-state index contributed by atoms with van der Waals surface area (Å²) in [4.78, 5) is 23.0. The molecule has 1 aromatic carbocycles. The predicted octanol–water partition coefficient (Wildman–Crippen LogP) is 0.703. The number of aryl methyl sites for hydroxylation is 1. The molecule has 0 unspecified atom stereocenters. The number of fused-ring (bicyclic) bond motifs is 1. The maximum atomic E-state index is 11.6. The van der Waals surface area contributed by atoms with Gasteiger partial charge in [-0.15, -0.1) is 0 Å². The third kappa shape index (κ3) is 2.37. The zero-order valence-electron chi connectivity index (χ0n) is 10.1. The Bertz CT molecular complexity index is 627. The molecule has 6 heteroatoms. The average molecular weight is 249 g/mol. The molecule has 0 spiro atoms. The Kier molecular flexibility index (Phi) is 3.36. The number of aromatic nitrogens is 1. The minimum atomic E-state index is -0.472. The first kappa shape index (κ1) is 12.2. The lowest BCUT2D eigenvalue weighted by atomic mass is 10.3. The minimum Gasteiger partial charge on any atom is -0.408 e. The lowest BCUT2D eigenvalue weighted by Crippen LogP contribution is -2.25. The molecule has 96 valence electrons. The number of nitrogen functional groups attached to an aromatic ring is 1. The van der Waals surface area contributed by atoms with Crippen LogP contribution in [0.4, 0.5) is 5.69 Å².